The van der Waals surface area contributed by atoms with Crippen molar-refractivity contribution in [1.29, 1.82) is 0 Å². The molecule has 1 heterocycles. The van der Waals surface area contributed by atoms with Crippen molar-refractivity contribution in [3.05, 3.63) is 59.0 Å². The summed E-state index contributed by atoms with van der Waals surface area (Å²) in [7, 11) is 0. The highest BCUT2D eigenvalue weighted by Gasteiger charge is 2.06. The molecule has 94 valence electrons. The molecule has 4 nitrogen and oxygen atoms in total. The van der Waals surface area contributed by atoms with E-state index in [2.05, 4.69) is 22.9 Å². The molecule has 1 aromatic heterocycles. The molecule has 0 radical (unpaired) electrons. The maximum absolute atomic E-state index is 11.9. The molecule has 0 aliphatic carbocycles. The number of hydrogen-bond donors (Lipinski definition) is 2. The highest BCUT2D eigenvalue weighted by molar-refractivity contribution is 7.80. The predicted molar refractivity (Wildman–Crippen MR) is 77.3 cm³/mol. The number of fused-ring (bicyclic) bond motifs is 1. The fraction of sp³-hybridized carbons (Fsp3) is 0. The van der Waals surface area contributed by atoms with E-state index >= 15 is 0 Å². The Morgan fingerprint density at radius 3 is 2.68 bits per heavy atom. The van der Waals surface area contributed by atoms with Gasteiger partial charge < -0.3 is 9.73 Å². The van der Waals surface area contributed by atoms with E-state index in [1.54, 1.807) is 18.2 Å². The van der Waals surface area contributed by atoms with Gasteiger partial charge in [-0.25, -0.2) is 4.79 Å². The summed E-state index contributed by atoms with van der Waals surface area (Å²) >= 11 is 4.19. The number of nitrogens with zero attached hydrogens (tertiary/aromatic N) is 1. The first-order valence-electron chi connectivity index (χ1n) is 5.68. The zero-order valence-corrected chi connectivity index (χ0v) is 10.7. The van der Waals surface area contributed by atoms with Gasteiger partial charge in [-0.05, 0) is 30.3 Å². The number of rotatable bonds is 2. The number of para-hydroxylation sites is 1. The van der Waals surface area contributed by atoms with Crippen molar-refractivity contribution < 1.29 is 4.42 Å². The standard InChI is InChI=1S/C14H10N2O2S/c17-13-11-8-10(19)6-7-12(11)16-14(18-13)15-9-4-2-1-3-5-9/h1-8,19H,(H,15,16). The minimum atomic E-state index is -0.431. The van der Waals surface area contributed by atoms with Gasteiger partial charge in [-0.2, -0.15) is 4.98 Å². The maximum atomic E-state index is 11.9. The number of thiol groups is 1. The molecule has 1 N–H and O–H groups in total. The summed E-state index contributed by atoms with van der Waals surface area (Å²) in [6, 6.07) is 14.7. The summed E-state index contributed by atoms with van der Waals surface area (Å²) in [6.07, 6.45) is 0. The van der Waals surface area contributed by atoms with Gasteiger partial charge in [-0.3, -0.25) is 0 Å². The van der Waals surface area contributed by atoms with Crippen molar-refractivity contribution in [1.82, 2.24) is 4.98 Å². The molecule has 3 aromatic rings. The van der Waals surface area contributed by atoms with Crippen LogP contribution in [0.3, 0.4) is 0 Å². The second-order valence-corrected chi connectivity index (χ2v) is 4.52. The Hall–Kier alpha value is -2.27. The molecule has 0 aliphatic rings. The van der Waals surface area contributed by atoms with E-state index < -0.39 is 5.63 Å². The van der Waals surface area contributed by atoms with Crippen LogP contribution in [0.15, 0.2) is 62.6 Å². The molecule has 0 bridgehead atoms. The largest absolute Gasteiger partial charge is 0.388 e. The first-order chi connectivity index (χ1) is 9.22. The summed E-state index contributed by atoms with van der Waals surface area (Å²) in [5, 5.41) is 3.38. The summed E-state index contributed by atoms with van der Waals surface area (Å²) in [4.78, 5) is 16.8. The summed E-state index contributed by atoms with van der Waals surface area (Å²) in [5.74, 6) is 0. The van der Waals surface area contributed by atoms with Gasteiger partial charge >= 0.3 is 11.6 Å². The van der Waals surface area contributed by atoms with Crippen molar-refractivity contribution in [2.24, 2.45) is 0 Å². The van der Waals surface area contributed by atoms with Crippen LogP contribution in [-0.4, -0.2) is 4.98 Å². The lowest BCUT2D eigenvalue weighted by molar-refractivity contribution is 0.522. The van der Waals surface area contributed by atoms with Gasteiger partial charge in [-0.15, -0.1) is 12.6 Å². The quantitative estimate of drug-likeness (QED) is 0.702. The molecule has 0 saturated carbocycles. The van der Waals surface area contributed by atoms with Crippen LogP contribution < -0.4 is 10.9 Å². The average molecular weight is 270 g/mol. The smallest absolute Gasteiger partial charge is 0.348 e. The third-order valence-corrected chi connectivity index (χ3v) is 2.91. The number of aromatic nitrogens is 1. The molecular weight excluding hydrogens is 260 g/mol. The Labute approximate surface area is 114 Å². The SMILES string of the molecule is O=c1oc(Nc2ccccc2)nc2ccc(S)cc12. The number of hydrogen-bond acceptors (Lipinski definition) is 5. The van der Waals surface area contributed by atoms with Gasteiger partial charge in [0.2, 0.25) is 0 Å². The van der Waals surface area contributed by atoms with E-state index in [1.165, 1.54) is 0 Å². The average Bonchev–Trinajstić information content (AvgIpc) is 2.41. The van der Waals surface area contributed by atoms with Crippen LogP contribution in [0.2, 0.25) is 0 Å². The Morgan fingerprint density at radius 1 is 1.11 bits per heavy atom. The van der Waals surface area contributed by atoms with Crippen molar-refractivity contribution in [3.8, 4) is 0 Å². The van der Waals surface area contributed by atoms with Gasteiger partial charge in [-0.1, -0.05) is 18.2 Å². The van der Waals surface area contributed by atoms with Gasteiger partial charge in [0.05, 0.1) is 10.9 Å². The number of anilines is 2. The van der Waals surface area contributed by atoms with Crippen LogP contribution in [0.5, 0.6) is 0 Å². The highest BCUT2D eigenvalue weighted by atomic mass is 32.1. The van der Waals surface area contributed by atoms with Crippen molar-refractivity contribution >= 4 is 35.2 Å². The Morgan fingerprint density at radius 2 is 1.89 bits per heavy atom. The molecule has 19 heavy (non-hydrogen) atoms. The summed E-state index contributed by atoms with van der Waals surface area (Å²) in [6.45, 7) is 0. The van der Waals surface area contributed by atoms with Gasteiger partial charge in [0.1, 0.15) is 0 Å². The monoisotopic (exact) mass is 270 g/mol. The first-order valence-corrected chi connectivity index (χ1v) is 6.13. The Bertz CT molecular complexity index is 784. The maximum Gasteiger partial charge on any atom is 0.348 e. The molecule has 0 aliphatic heterocycles. The topological polar surface area (TPSA) is 55.1 Å². The second kappa shape index (κ2) is 4.78. The van der Waals surface area contributed by atoms with E-state index in [9.17, 15) is 4.79 Å². The molecule has 0 spiro atoms. The molecule has 0 saturated heterocycles. The normalized spacial score (nSPS) is 10.6. The van der Waals surface area contributed by atoms with Crippen LogP contribution >= 0.6 is 12.6 Å². The fourth-order valence-electron chi connectivity index (χ4n) is 1.76. The van der Waals surface area contributed by atoms with Crippen LogP contribution in [0, 0.1) is 0 Å². The van der Waals surface area contributed by atoms with Crippen LogP contribution in [-0.2, 0) is 0 Å². The minimum absolute atomic E-state index is 0.176. The van der Waals surface area contributed by atoms with E-state index in [0.717, 1.165) is 5.69 Å². The second-order valence-electron chi connectivity index (χ2n) is 4.00. The Balaban J connectivity index is 2.07. The molecule has 0 fully saturated rings. The molecule has 3 rings (SSSR count). The van der Waals surface area contributed by atoms with Gasteiger partial charge in [0, 0.05) is 10.6 Å². The number of benzene rings is 2. The molecule has 5 heteroatoms. The summed E-state index contributed by atoms with van der Waals surface area (Å²) in [5.41, 5.74) is 0.954. The molecule has 0 atom stereocenters. The lowest BCUT2D eigenvalue weighted by atomic mass is 10.2. The molecular formula is C14H10N2O2S. The van der Waals surface area contributed by atoms with E-state index in [-0.39, 0.29) is 6.01 Å². The van der Waals surface area contributed by atoms with Crippen molar-refractivity contribution in [2.75, 3.05) is 5.32 Å². The fourth-order valence-corrected chi connectivity index (χ4v) is 1.96. The first kappa shape index (κ1) is 11.8. The third-order valence-electron chi connectivity index (χ3n) is 2.64. The van der Waals surface area contributed by atoms with E-state index in [4.69, 9.17) is 4.42 Å². The lowest BCUT2D eigenvalue weighted by Gasteiger charge is -2.04. The Kier molecular flexibility index (Phi) is 2.97. The summed E-state index contributed by atoms with van der Waals surface area (Å²) < 4.78 is 5.14. The number of nitrogens with one attached hydrogen (secondary N) is 1. The van der Waals surface area contributed by atoms with Crippen molar-refractivity contribution in [3.63, 3.8) is 0 Å². The molecule has 0 unspecified atom stereocenters. The molecule has 0 amide bonds. The van der Waals surface area contributed by atoms with Crippen LogP contribution in [0.1, 0.15) is 0 Å². The van der Waals surface area contributed by atoms with Crippen LogP contribution in [0.25, 0.3) is 10.9 Å². The highest BCUT2D eigenvalue weighted by Crippen LogP contribution is 2.17. The van der Waals surface area contributed by atoms with Crippen LogP contribution in [0.4, 0.5) is 11.7 Å². The lowest BCUT2D eigenvalue weighted by Crippen LogP contribution is -2.05. The van der Waals surface area contributed by atoms with Crippen molar-refractivity contribution in [2.45, 2.75) is 4.90 Å². The minimum Gasteiger partial charge on any atom is -0.388 e. The van der Waals surface area contributed by atoms with E-state index in [1.807, 2.05) is 30.3 Å². The third kappa shape index (κ3) is 2.46. The van der Waals surface area contributed by atoms with Gasteiger partial charge in [0.25, 0.3) is 0 Å². The molecule has 2 aromatic carbocycles. The zero-order chi connectivity index (χ0) is 13.2. The zero-order valence-electron chi connectivity index (χ0n) is 9.83. The van der Waals surface area contributed by atoms with Gasteiger partial charge in [0.15, 0.2) is 0 Å². The van der Waals surface area contributed by atoms with E-state index in [0.29, 0.717) is 15.8 Å². The predicted octanol–water partition coefficient (Wildman–Crippen LogP) is 3.22.